The molecular formula is C14H16. The number of hydrogen-bond donors (Lipinski definition) is 0. The van der Waals surface area contributed by atoms with Crippen LogP contribution in [0.4, 0.5) is 0 Å². The van der Waals surface area contributed by atoms with Gasteiger partial charge < -0.3 is 0 Å². The summed E-state index contributed by atoms with van der Waals surface area (Å²) in [6.07, 6.45) is 9.31. The van der Waals surface area contributed by atoms with Crippen LogP contribution in [0.15, 0.2) is 54.1 Å². The summed E-state index contributed by atoms with van der Waals surface area (Å²) in [4.78, 5) is 0. The predicted octanol–water partition coefficient (Wildman–Crippen LogP) is 4.07. The summed E-state index contributed by atoms with van der Waals surface area (Å²) in [6.45, 7) is 2.17. The number of benzene rings is 1. The Bertz CT molecular complexity index is 344. The van der Waals surface area contributed by atoms with Crippen LogP contribution >= 0.6 is 0 Å². The molecule has 0 heterocycles. The minimum Gasteiger partial charge on any atom is -0.0816 e. The Morgan fingerprint density at radius 1 is 1.14 bits per heavy atom. The van der Waals surface area contributed by atoms with Crippen molar-refractivity contribution in [3.05, 3.63) is 59.7 Å². The minimum atomic E-state index is 0.602. The lowest BCUT2D eigenvalue weighted by Crippen LogP contribution is -1.92. The summed E-state index contributed by atoms with van der Waals surface area (Å²) in [7, 11) is 0. The van der Waals surface area contributed by atoms with E-state index >= 15 is 0 Å². The third kappa shape index (κ3) is 2.14. The van der Waals surface area contributed by atoms with Crippen LogP contribution < -0.4 is 0 Å². The van der Waals surface area contributed by atoms with E-state index in [1.54, 1.807) is 0 Å². The maximum Gasteiger partial charge on any atom is 0.00241 e. The minimum absolute atomic E-state index is 0.602. The number of rotatable bonds is 1. The molecular weight excluding hydrogens is 168 g/mol. The van der Waals surface area contributed by atoms with Gasteiger partial charge in [0.15, 0.2) is 0 Å². The summed E-state index contributed by atoms with van der Waals surface area (Å²) >= 11 is 0. The van der Waals surface area contributed by atoms with Gasteiger partial charge in [-0.2, -0.15) is 0 Å². The van der Waals surface area contributed by atoms with Crippen molar-refractivity contribution < 1.29 is 0 Å². The fourth-order valence-corrected chi connectivity index (χ4v) is 1.90. The molecule has 1 aromatic carbocycles. The summed E-state index contributed by atoms with van der Waals surface area (Å²) < 4.78 is 0. The topological polar surface area (TPSA) is 0 Å². The van der Waals surface area contributed by atoms with Crippen molar-refractivity contribution >= 4 is 0 Å². The van der Waals surface area contributed by atoms with Crippen molar-refractivity contribution in [3.8, 4) is 0 Å². The van der Waals surface area contributed by atoms with Crippen molar-refractivity contribution in [2.45, 2.75) is 25.7 Å². The van der Waals surface area contributed by atoms with E-state index < -0.39 is 0 Å². The van der Waals surface area contributed by atoms with Gasteiger partial charge in [0.2, 0.25) is 0 Å². The molecule has 0 N–H and O–H groups in total. The van der Waals surface area contributed by atoms with E-state index in [1.165, 1.54) is 24.0 Å². The van der Waals surface area contributed by atoms with Gasteiger partial charge in [-0.3, -0.25) is 0 Å². The van der Waals surface area contributed by atoms with Crippen LogP contribution in [0.5, 0.6) is 0 Å². The Labute approximate surface area is 86.0 Å². The van der Waals surface area contributed by atoms with Crippen LogP contribution in [-0.4, -0.2) is 0 Å². The zero-order valence-corrected chi connectivity index (χ0v) is 8.61. The van der Waals surface area contributed by atoms with Crippen molar-refractivity contribution in [1.82, 2.24) is 0 Å². The van der Waals surface area contributed by atoms with Crippen molar-refractivity contribution in [2.24, 2.45) is 0 Å². The van der Waals surface area contributed by atoms with Crippen molar-refractivity contribution in [2.75, 3.05) is 0 Å². The second-order valence-corrected chi connectivity index (χ2v) is 3.90. The van der Waals surface area contributed by atoms with Gasteiger partial charge >= 0.3 is 0 Å². The molecule has 0 aliphatic heterocycles. The van der Waals surface area contributed by atoms with Gasteiger partial charge in [-0.15, -0.1) is 0 Å². The first kappa shape index (κ1) is 9.26. The van der Waals surface area contributed by atoms with E-state index in [-0.39, 0.29) is 0 Å². The molecule has 2 rings (SSSR count). The lowest BCUT2D eigenvalue weighted by atomic mass is 9.95. The summed E-state index contributed by atoms with van der Waals surface area (Å²) in [5.74, 6) is 0.602. The quantitative estimate of drug-likeness (QED) is 0.617. The predicted molar refractivity (Wildman–Crippen MR) is 61.3 cm³/mol. The van der Waals surface area contributed by atoms with Gasteiger partial charge in [-0.25, -0.2) is 0 Å². The van der Waals surface area contributed by atoms with E-state index in [0.717, 1.165) is 0 Å². The third-order valence-corrected chi connectivity index (χ3v) is 2.76. The molecule has 0 saturated heterocycles. The molecule has 1 unspecified atom stereocenters. The smallest absolute Gasteiger partial charge is 0.00241 e. The van der Waals surface area contributed by atoms with E-state index in [2.05, 4.69) is 55.5 Å². The molecule has 0 bridgehead atoms. The molecule has 72 valence electrons. The van der Waals surface area contributed by atoms with Crippen LogP contribution in [0.1, 0.15) is 31.2 Å². The number of hydrogen-bond acceptors (Lipinski definition) is 0. The Kier molecular flexibility index (Phi) is 2.83. The SMILES string of the molecule is CC1=CCCC(c2ccccc2)C=C1. The monoisotopic (exact) mass is 184 g/mol. The first-order valence-corrected chi connectivity index (χ1v) is 5.26. The average molecular weight is 184 g/mol. The lowest BCUT2D eigenvalue weighted by Gasteiger charge is -2.10. The Morgan fingerprint density at radius 3 is 2.71 bits per heavy atom. The highest BCUT2D eigenvalue weighted by Gasteiger charge is 2.08. The first-order valence-electron chi connectivity index (χ1n) is 5.26. The van der Waals surface area contributed by atoms with E-state index in [4.69, 9.17) is 0 Å². The van der Waals surface area contributed by atoms with Gasteiger partial charge in [0.25, 0.3) is 0 Å². The van der Waals surface area contributed by atoms with Gasteiger partial charge in [0.1, 0.15) is 0 Å². The average Bonchev–Trinajstić information content (AvgIpc) is 2.44. The van der Waals surface area contributed by atoms with E-state index in [0.29, 0.717) is 5.92 Å². The molecule has 1 aliphatic carbocycles. The zero-order valence-electron chi connectivity index (χ0n) is 8.61. The summed E-state index contributed by atoms with van der Waals surface area (Å²) in [6, 6.07) is 10.8. The highest BCUT2D eigenvalue weighted by molar-refractivity contribution is 5.28. The molecule has 0 fully saturated rings. The van der Waals surface area contributed by atoms with E-state index in [1.807, 2.05) is 0 Å². The fraction of sp³-hybridized carbons (Fsp3) is 0.286. The van der Waals surface area contributed by atoms with Gasteiger partial charge in [0.05, 0.1) is 0 Å². The largest absolute Gasteiger partial charge is 0.0816 e. The highest BCUT2D eigenvalue weighted by atomic mass is 14.1. The second-order valence-electron chi connectivity index (χ2n) is 3.90. The molecule has 0 nitrogen and oxygen atoms in total. The van der Waals surface area contributed by atoms with Gasteiger partial charge in [-0.05, 0) is 25.3 Å². The molecule has 0 radical (unpaired) electrons. The number of allylic oxidation sites excluding steroid dienone is 4. The molecule has 1 aliphatic rings. The van der Waals surface area contributed by atoms with E-state index in [9.17, 15) is 0 Å². The van der Waals surface area contributed by atoms with Crippen LogP contribution in [0.3, 0.4) is 0 Å². The maximum atomic E-state index is 2.33. The Morgan fingerprint density at radius 2 is 1.93 bits per heavy atom. The van der Waals surface area contributed by atoms with Crippen molar-refractivity contribution in [3.63, 3.8) is 0 Å². The standard InChI is InChI=1S/C14H16/c1-12-6-5-9-14(11-10-12)13-7-3-2-4-8-13/h2-4,6-8,10-11,14H,5,9H2,1H3. The molecule has 0 spiro atoms. The molecule has 0 heteroatoms. The molecule has 0 aromatic heterocycles. The normalized spacial score (nSPS) is 21.5. The van der Waals surface area contributed by atoms with Crippen LogP contribution in [-0.2, 0) is 0 Å². The molecule has 1 aromatic rings. The second kappa shape index (κ2) is 4.28. The van der Waals surface area contributed by atoms with Crippen LogP contribution in [0, 0.1) is 0 Å². The molecule has 1 atom stereocenters. The summed E-state index contributed by atoms with van der Waals surface area (Å²) in [5.41, 5.74) is 2.83. The van der Waals surface area contributed by atoms with Crippen LogP contribution in [0.25, 0.3) is 0 Å². The lowest BCUT2D eigenvalue weighted by molar-refractivity contribution is 0.756. The van der Waals surface area contributed by atoms with Crippen LogP contribution in [0.2, 0.25) is 0 Å². The maximum absolute atomic E-state index is 2.33. The molecule has 14 heavy (non-hydrogen) atoms. The highest BCUT2D eigenvalue weighted by Crippen LogP contribution is 2.25. The van der Waals surface area contributed by atoms with Crippen molar-refractivity contribution in [1.29, 1.82) is 0 Å². The zero-order chi connectivity index (χ0) is 9.80. The van der Waals surface area contributed by atoms with Gasteiger partial charge in [0, 0.05) is 5.92 Å². The van der Waals surface area contributed by atoms with Gasteiger partial charge in [-0.1, -0.05) is 54.1 Å². The Hall–Kier alpha value is -1.30. The fourth-order valence-electron chi connectivity index (χ4n) is 1.90. The first-order chi connectivity index (χ1) is 6.86. The third-order valence-electron chi connectivity index (χ3n) is 2.76. The Balaban J connectivity index is 2.18. The molecule has 0 saturated carbocycles. The molecule has 0 amide bonds. The summed E-state index contributed by atoms with van der Waals surface area (Å²) in [5, 5.41) is 0.